The summed E-state index contributed by atoms with van der Waals surface area (Å²) in [5.74, 6) is 0.305. The van der Waals surface area contributed by atoms with Crippen LogP contribution in [0, 0.1) is 0 Å². The lowest BCUT2D eigenvalue weighted by molar-refractivity contribution is 0.475. The highest BCUT2D eigenvalue weighted by Gasteiger charge is 1.94. The van der Waals surface area contributed by atoms with Crippen molar-refractivity contribution in [3.8, 4) is 16.9 Å². The minimum absolute atomic E-state index is 0.305. The molecule has 0 saturated carbocycles. The molecule has 15 heavy (non-hydrogen) atoms. The Morgan fingerprint density at radius 1 is 0.667 bits per heavy atom. The molecule has 1 N–H and O–H groups in total. The molecule has 0 saturated heterocycles. The number of hydrogen-bond acceptors (Lipinski definition) is 1. The van der Waals surface area contributed by atoms with Crippen molar-refractivity contribution in [1.29, 1.82) is 0 Å². The molecule has 76 valence electrons. The summed E-state index contributed by atoms with van der Waals surface area (Å²) >= 11 is 0. The highest BCUT2D eigenvalue weighted by Crippen LogP contribution is 2.20. The second kappa shape index (κ2) is 5.66. The minimum atomic E-state index is 0.305. The van der Waals surface area contributed by atoms with Crippen molar-refractivity contribution in [3.05, 3.63) is 67.8 Å². The maximum absolute atomic E-state index is 9.10. The van der Waals surface area contributed by atoms with Gasteiger partial charge >= 0.3 is 0 Å². The summed E-state index contributed by atoms with van der Waals surface area (Å²) in [4.78, 5) is 0. The average molecular weight is 198 g/mol. The smallest absolute Gasteiger partial charge is 0.115 e. The third-order valence-electron chi connectivity index (χ3n) is 1.97. The van der Waals surface area contributed by atoms with Gasteiger partial charge in [0.05, 0.1) is 0 Å². The van der Waals surface area contributed by atoms with Crippen LogP contribution in [-0.4, -0.2) is 5.11 Å². The quantitative estimate of drug-likeness (QED) is 0.690. The van der Waals surface area contributed by atoms with Gasteiger partial charge in [-0.3, -0.25) is 0 Å². The highest BCUT2D eigenvalue weighted by atomic mass is 16.3. The van der Waals surface area contributed by atoms with E-state index in [1.54, 1.807) is 12.1 Å². The molecule has 2 rings (SSSR count). The predicted octanol–water partition coefficient (Wildman–Crippen LogP) is 3.86. The first kappa shape index (κ1) is 11.1. The van der Waals surface area contributed by atoms with Crippen molar-refractivity contribution in [1.82, 2.24) is 0 Å². The Balaban J connectivity index is 0.000000531. The molecule has 0 heterocycles. The van der Waals surface area contributed by atoms with E-state index in [2.05, 4.69) is 13.2 Å². The monoisotopic (exact) mass is 198 g/mol. The third-order valence-corrected chi connectivity index (χ3v) is 1.97. The van der Waals surface area contributed by atoms with Gasteiger partial charge in [0.1, 0.15) is 5.75 Å². The normalized spacial score (nSPS) is 8.80. The van der Waals surface area contributed by atoms with Crippen LogP contribution < -0.4 is 0 Å². The Morgan fingerprint density at radius 3 is 1.67 bits per heavy atom. The maximum atomic E-state index is 9.10. The van der Waals surface area contributed by atoms with Crippen LogP contribution in [0.25, 0.3) is 11.1 Å². The summed E-state index contributed by atoms with van der Waals surface area (Å²) in [6.45, 7) is 6.00. The van der Waals surface area contributed by atoms with Crippen molar-refractivity contribution < 1.29 is 5.11 Å². The van der Waals surface area contributed by atoms with E-state index in [-0.39, 0.29) is 0 Å². The number of rotatable bonds is 1. The molecule has 0 aromatic heterocycles. The van der Waals surface area contributed by atoms with Gasteiger partial charge < -0.3 is 5.11 Å². The number of hydrogen-bond donors (Lipinski definition) is 1. The number of phenols is 1. The summed E-state index contributed by atoms with van der Waals surface area (Å²) in [7, 11) is 0. The molecule has 0 unspecified atom stereocenters. The van der Waals surface area contributed by atoms with Gasteiger partial charge in [0, 0.05) is 0 Å². The lowest BCUT2D eigenvalue weighted by Gasteiger charge is -2.00. The Labute approximate surface area is 90.3 Å². The van der Waals surface area contributed by atoms with Gasteiger partial charge in [-0.1, -0.05) is 42.5 Å². The van der Waals surface area contributed by atoms with E-state index in [0.717, 1.165) is 5.56 Å². The molecule has 0 atom stereocenters. The summed E-state index contributed by atoms with van der Waals surface area (Å²) in [6, 6.07) is 17.3. The van der Waals surface area contributed by atoms with E-state index < -0.39 is 0 Å². The SMILES string of the molecule is C=C.Oc1ccc(-c2ccccc2)cc1. The minimum Gasteiger partial charge on any atom is -0.508 e. The van der Waals surface area contributed by atoms with Crippen LogP contribution in [0.15, 0.2) is 67.8 Å². The lowest BCUT2D eigenvalue weighted by atomic mass is 10.1. The van der Waals surface area contributed by atoms with Crippen molar-refractivity contribution in [2.75, 3.05) is 0 Å². The van der Waals surface area contributed by atoms with Crippen molar-refractivity contribution in [2.45, 2.75) is 0 Å². The van der Waals surface area contributed by atoms with Gasteiger partial charge in [0.25, 0.3) is 0 Å². The Bertz CT molecular complexity index is 389. The molecule has 1 heteroatoms. The zero-order valence-corrected chi connectivity index (χ0v) is 8.56. The molecule has 2 aromatic rings. The van der Waals surface area contributed by atoms with Crippen LogP contribution in [0.2, 0.25) is 0 Å². The van der Waals surface area contributed by atoms with Crippen LogP contribution in [-0.2, 0) is 0 Å². The zero-order chi connectivity index (χ0) is 11.1. The van der Waals surface area contributed by atoms with Crippen LogP contribution in [0.3, 0.4) is 0 Å². The molecule has 0 spiro atoms. The van der Waals surface area contributed by atoms with Crippen LogP contribution in [0.5, 0.6) is 5.75 Å². The first-order chi connectivity index (χ1) is 7.36. The van der Waals surface area contributed by atoms with Gasteiger partial charge in [-0.25, -0.2) is 0 Å². The lowest BCUT2D eigenvalue weighted by Crippen LogP contribution is -1.74. The van der Waals surface area contributed by atoms with Crippen molar-refractivity contribution in [3.63, 3.8) is 0 Å². The molecule has 2 aromatic carbocycles. The molecule has 0 radical (unpaired) electrons. The number of phenolic OH excluding ortho intramolecular Hbond substituents is 1. The molecule has 0 amide bonds. The van der Waals surface area contributed by atoms with Gasteiger partial charge in [-0.15, -0.1) is 13.2 Å². The van der Waals surface area contributed by atoms with E-state index in [9.17, 15) is 0 Å². The second-order valence-corrected chi connectivity index (χ2v) is 2.91. The van der Waals surface area contributed by atoms with Crippen molar-refractivity contribution >= 4 is 0 Å². The summed E-state index contributed by atoms with van der Waals surface area (Å²) in [5, 5.41) is 9.10. The molecule has 0 bridgehead atoms. The molecule has 0 aliphatic heterocycles. The Morgan fingerprint density at radius 2 is 1.13 bits per heavy atom. The van der Waals surface area contributed by atoms with Crippen molar-refractivity contribution in [2.24, 2.45) is 0 Å². The largest absolute Gasteiger partial charge is 0.508 e. The van der Waals surface area contributed by atoms with Gasteiger partial charge in [0.2, 0.25) is 0 Å². The Hall–Kier alpha value is -2.02. The van der Waals surface area contributed by atoms with Crippen LogP contribution in [0.4, 0.5) is 0 Å². The fourth-order valence-electron chi connectivity index (χ4n) is 1.28. The van der Waals surface area contributed by atoms with E-state index in [1.807, 2.05) is 42.5 Å². The molecular weight excluding hydrogens is 184 g/mol. The van der Waals surface area contributed by atoms with E-state index >= 15 is 0 Å². The first-order valence-corrected chi connectivity index (χ1v) is 4.71. The maximum Gasteiger partial charge on any atom is 0.115 e. The number of aromatic hydroxyl groups is 1. The second-order valence-electron chi connectivity index (χ2n) is 2.91. The molecular formula is C14H14O. The summed E-state index contributed by atoms with van der Waals surface area (Å²) < 4.78 is 0. The van der Waals surface area contributed by atoms with Crippen LogP contribution in [0.1, 0.15) is 0 Å². The molecule has 0 aliphatic carbocycles. The fraction of sp³-hybridized carbons (Fsp3) is 0. The van der Waals surface area contributed by atoms with E-state index in [4.69, 9.17) is 5.11 Å². The van der Waals surface area contributed by atoms with E-state index in [1.165, 1.54) is 5.56 Å². The topological polar surface area (TPSA) is 20.2 Å². The summed E-state index contributed by atoms with van der Waals surface area (Å²) in [6.07, 6.45) is 0. The standard InChI is InChI=1S/C12H10O.C2H4/c13-12-8-6-11(7-9-12)10-4-2-1-3-5-10;1-2/h1-9,13H;1-2H2. The van der Waals surface area contributed by atoms with Crippen LogP contribution >= 0.6 is 0 Å². The molecule has 0 fully saturated rings. The predicted molar refractivity (Wildman–Crippen MR) is 64.8 cm³/mol. The van der Waals surface area contributed by atoms with Gasteiger partial charge in [-0.05, 0) is 23.3 Å². The first-order valence-electron chi connectivity index (χ1n) is 4.71. The average Bonchev–Trinajstić information content (AvgIpc) is 2.34. The van der Waals surface area contributed by atoms with E-state index in [0.29, 0.717) is 5.75 Å². The summed E-state index contributed by atoms with van der Waals surface area (Å²) in [5.41, 5.74) is 2.29. The highest BCUT2D eigenvalue weighted by molar-refractivity contribution is 5.63. The molecule has 1 nitrogen and oxygen atoms in total. The third kappa shape index (κ3) is 2.99. The van der Waals surface area contributed by atoms with Gasteiger partial charge in [-0.2, -0.15) is 0 Å². The fourth-order valence-corrected chi connectivity index (χ4v) is 1.28. The van der Waals surface area contributed by atoms with Gasteiger partial charge in [0.15, 0.2) is 0 Å². The zero-order valence-electron chi connectivity index (χ0n) is 8.56. The Kier molecular flexibility index (Phi) is 4.17. The molecule has 0 aliphatic rings. The number of benzene rings is 2.